The third-order valence-corrected chi connectivity index (χ3v) is 3.66. The highest BCUT2D eigenvalue weighted by Crippen LogP contribution is 2.02. The molecule has 0 spiro atoms. The number of rotatable bonds is 7. The summed E-state index contributed by atoms with van der Waals surface area (Å²) in [6.07, 6.45) is 3.63. The van der Waals surface area contributed by atoms with Crippen molar-refractivity contribution in [2.45, 2.75) is 19.1 Å². The van der Waals surface area contributed by atoms with Crippen LogP contribution in [0.2, 0.25) is 0 Å². The van der Waals surface area contributed by atoms with Gasteiger partial charge in [0.25, 0.3) is 0 Å². The number of benzene rings is 1. The third kappa shape index (κ3) is 6.47. The molecule has 1 aromatic carbocycles. The van der Waals surface area contributed by atoms with Gasteiger partial charge < -0.3 is 20.0 Å². The van der Waals surface area contributed by atoms with Crippen LogP contribution in [-0.2, 0) is 27.0 Å². The summed E-state index contributed by atoms with van der Waals surface area (Å²) in [5, 5.41) is 13.3. The summed E-state index contributed by atoms with van der Waals surface area (Å²) >= 11 is 0. The molecule has 0 aromatic heterocycles. The van der Waals surface area contributed by atoms with E-state index in [0.717, 1.165) is 11.3 Å². The molecule has 0 aliphatic carbocycles. The number of amides is 1. The minimum atomic E-state index is -1.29. The Morgan fingerprint density at radius 2 is 1.95 bits per heavy atom. The van der Waals surface area contributed by atoms with Crippen LogP contribution >= 0.6 is 0 Å². The second kappa shape index (κ2) is 8.47. The number of hydrogen-bond donors (Lipinski definition) is 1. The Hall–Kier alpha value is -1.69. The molecule has 0 fully saturated rings. The lowest BCUT2D eigenvalue weighted by atomic mass is 10.2. The maximum absolute atomic E-state index is 11.6. The molecule has 1 atom stereocenters. The first kappa shape index (κ1) is 16.4. The number of carboxylic acids is 1. The van der Waals surface area contributed by atoms with Crippen LogP contribution in [0, 0.1) is 0 Å². The van der Waals surface area contributed by atoms with Crippen LogP contribution < -0.4 is 10.4 Å². The summed E-state index contributed by atoms with van der Waals surface area (Å²) in [6.45, 7) is 0.109. The average Bonchev–Trinajstić information content (AvgIpc) is 2.41. The molecular formula is C14H19NO4S. The molecule has 20 heavy (non-hydrogen) atoms. The van der Waals surface area contributed by atoms with Gasteiger partial charge in [-0.25, -0.2) is 4.79 Å². The molecule has 1 rings (SSSR count). The number of ether oxygens (including phenoxy) is 1. The van der Waals surface area contributed by atoms with Crippen LogP contribution in [0.4, 0.5) is 4.79 Å². The van der Waals surface area contributed by atoms with E-state index in [4.69, 9.17) is 4.74 Å². The Labute approximate surface area is 121 Å². The lowest BCUT2D eigenvalue weighted by molar-refractivity contribution is -0.308. The Bertz CT molecular complexity index is 436. The van der Waals surface area contributed by atoms with E-state index in [1.165, 1.54) is 0 Å². The summed E-state index contributed by atoms with van der Waals surface area (Å²) in [5.41, 5.74) is 0.844. The summed E-state index contributed by atoms with van der Waals surface area (Å²) in [5.74, 6) is -0.565. The first-order valence-electron chi connectivity index (χ1n) is 6.21. The van der Waals surface area contributed by atoms with Crippen LogP contribution in [0.1, 0.15) is 12.0 Å². The van der Waals surface area contributed by atoms with Gasteiger partial charge in [-0.15, -0.1) is 0 Å². The zero-order valence-corrected chi connectivity index (χ0v) is 12.4. The number of aliphatic carboxylic acids is 1. The second-order valence-corrected chi connectivity index (χ2v) is 6.94. The maximum atomic E-state index is 11.6. The fourth-order valence-corrected chi connectivity index (χ4v) is 2.22. The van der Waals surface area contributed by atoms with Crippen molar-refractivity contribution in [3.63, 3.8) is 0 Å². The van der Waals surface area contributed by atoms with Crippen molar-refractivity contribution in [3.05, 3.63) is 35.9 Å². The number of carbonyl (C=O) groups excluding carboxylic acids is 2. The van der Waals surface area contributed by atoms with Crippen molar-refractivity contribution < 1.29 is 19.4 Å². The van der Waals surface area contributed by atoms with Gasteiger partial charge in [0.15, 0.2) is 0 Å². The van der Waals surface area contributed by atoms with E-state index in [1.54, 1.807) is 0 Å². The average molecular weight is 297 g/mol. The van der Waals surface area contributed by atoms with Gasteiger partial charge in [-0.05, 0) is 16.5 Å². The first-order valence-corrected chi connectivity index (χ1v) is 8.42. The molecule has 1 aromatic rings. The van der Waals surface area contributed by atoms with Crippen LogP contribution in [0.5, 0.6) is 0 Å². The van der Waals surface area contributed by atoms with Crippen molar-refractivity contribution in [1.29, 1.82) is 0 Å². The highest BCUT2D eigenvalue weighted by Gasteiger charge is 2.17. The molecule has 0 radical (unpaired) electrons. The summed E-state index contributed by atoms with van der Waals surface area (Å²) in [6, 6.07) is 8.18. The van der Waals surface area contributed by atoms with Gasteiger partial charge in [0, 0.05) is 6.42 Å². The first-order chi connectivity index (χ1) is 9.49. The van der Waals surface area contributed by atoms with Gasteiger partial charge in [0.1, 0.15) is 12.4 Å². The van der Waals surface area contributed by atoms with Gasteiger partial charge in [-0.1, -0.05) is 30.3 Å². The normalized spacial score (nSPS) is 11.9. The fraction of sp³-hybridized carbons (Fsp3) is 0.429. The molecular weight excluding hydrogens is 278 g/mol. The Kier molecular flexibility index (Phi) is 6.93. The number of carboxylic acid groups (broad SMARTS) is 1. The molecule has 0 aliphatic rings. The molecule has 0 bridgehead atoms. The molecule has 0 aliphatic heterocycles. The standard InChI is InChI=1S/C14H19NO4S/c1-20(2)9-8-12(13(16)17)15-14(18)19-10-11-6-4-3-5-7-11/h3-7,12H,8-10H2,1-2H3,(H-,15,16,17,18)/t12-/m1/s1. The van der Waals surface area contributed by atoms with Gasteiger partial charge in [0.05, 0.1) is 24.5 Å². The second-order valence-electron chi connectivity index (χ2n) is 4.56. The molecule has 0 heterocycles. The molecule has 1 N–H and O–H groups in total. The van der Waals surface area contributed by atoms with Crippen LogP contribution in [0.15, 0.2) is 30.3 Å². The Morgan fingerprint density at radius 3 is 2.50 bits per heavy atom. The summed E-state index contributed by atoms with van der Waals surface area (Å²) in [4.78, 5) is 22.5. The maximum Gasteiger partial charge on any atom is 0.407 e. The molecule has 0 saturated carbocycles. The van der Waals surface area contributed by atoms with Crippen molar-refractivity contribution in [2.75, 3.05) is 18.3 Å². The lowest BCUT2D eigenvalue weighted by Gasteiger charge is -2.18. The van der Waals surface area contributed by atoms with E-state index in [-0.39, 0.29) is 17.5 Å². The highest BCUT2D eigenvalue weighted by molar-refractivity contribution is 7.95. The fourth-order valence-electron chi connectivity index (χ4n) is 1.51. The smallest absolute Gasteiger partial charge is 0.407 e. The van der Waals surface area contributed by atoms with Gasteiger partial charge in [-0.2, -0.15) is 0 Å². The molecule has 1 amide bonds. The topological polar surface area (TPSA) is 78.5 Å². The monoisotopic (exact) mass is 297 g/mol. The van der Waals surface area contributed by atoms with Crippen LogP contribution in [0.3, 0.4) is 0 Å². The lowest BCUT2D eigenvalue weighted by Crippen LogP contribution is -2.48. The van der Waals surface area contributed by atoms with Crippen LogP contribution in [-0.4, -0.2) is 36.4 Å². The molecule has 6 heteroatoms. The molecule has 5 nitrogen and oxygen atoms in total. The van der Waals surface area contributed by atoms with Gasteiger partial charge in [-0.3, -0.25) is 0 Å². The molecule has 0 unspecified atom stereocenters. The van der Waals surface area contributed by atoms with E-state index < -0.39 is 18.1 Å². The van der Waals surface area contributed by atoms with Gasteiger partial charge >= 0.3 is 6.09 Å². The number of hydrogen-bond acceptors (Lipinski definition) is 4. The SMILES string of the molecule is C[S+](C)CC[C@@H](NC(=O)OCc1ccccc1)C(=O)[O-]. The van der Waals surface area contributed by atoms with E-state index in [9.17, 15) is 14.7 Å². The number of carbonyl (C=O) groups is 2. The number of nitrogens with one attached hydrogen (secondary N) is 1. The van der Waals surface area contributed by atoms with Crippen molar-refractivity contribution in [2.24, 2.45) is 0 Å². The third-order valence-electron chi connectivity index (χ3n) is 2.60. The molecule has 0 saturated heterocycles. The summed E-state index contributed by atoms with van der Waals surface area (Å²) < 4.78 is 4.98. The van der Waals surface area contributed by atoms with Gasteiger partial charge in [0.2, 0.25) is 0 Å². The van der Waals surface area contributed by atoms with E-state index in [0.29, 0.717) is 6.42 Å². The quantitative estimate of drug-likeness (QED) is 0.734. The minimum absolute atomic E-state index is 0.109. The van der Waals surface area contributed by atoms with E-state index in [1.807, 2.05) is 42.8 Å². The van der Waals surface area contributed by atoms with Crippen molar-refractivity contribution in [1.82, 2.24) is 5.32 Å². The highest BCUT2D eigenvalue weighted by atomic mass is 32.2. The van der Waals surface area contributed by atoms with Crippen LogP contribution in [0.25, 0.3) is 0 Å². The predicted molar refractivity (Wildman–Crippen MR) is 77.3 cm³/mol. The zero-order valence-electron chi connectivity index (χ0n) is 11.6. The van der Waals surface area contributed by atoms with E-state index in [2.05, 4.69) is 5.32 Å². The largest absolute Gasteiger partial charge is 0.548 e. The zero-order chi connectivity index (χ0) is 15.0. The van der Waals surface area contributed by atoms with Crippen molar-refractivity contribution >= 4 is 23.0 Å². The number of alkyl carbamates (subject to hydrolysis) is 1. The minimum Gasteiger partial charge on any atom is -0.548 e. The van der Waals surface area contributed by atoms with Crippen molar-refractivity contribution in [3.8, 4) is 0 Å². The summed E-state index contributed by atoms with van der Waals surface area (Å²) in [7, 11) is 0.116. The Balaban J connectivity index is 2.40. The predicted octanol–water partition coefficient (Wildman–Crippen LogP) is 0.299. The Morgan fingerprint density at radius 1 is 1.30 bits per heavy atom. The van der Waals surface area contributed by atoms with E-state index >= 15 is 0 Å². The molecule has 110 valence electrons.